The lowest BCUT2D eigenvalue weighted by atomic mass is 9.85. The molecule has 3 aromatic rings. The number of fused-ring (bicyclic) bond motifs is 1. The first-order valence-corrected chi connectivity index (χ1v) is 9.60. The van der Waals surface area contributed by atoms with E-state index < -0.39 is 0 Å². The lowest BCUT2D eigenvalue weighted by molar-refractivity contribution is 0.0573. The molecule has 1 fully saturated rings. The monoisotopic (exact) mass is 397 g/mol. The summed E-state index contributed by atoms with van der Waals surface area (Å²) in [7, 11) is 3.53. The number of H-pyrrole nitrogens is 1. The molecular weight excluding hydrogens is 373 g/mol. The highest BCUT2D eigenvalue weighted by molar-refractivity contribution is 5.99. The summed E-state index contributed by atoms with van der Waals surface area (Å²) >= 11 is 0. The molecule has 4 rings (SSSR count). The smallest absolute Gasteiger partial charge is 0.272 e. The maximum absolute atomic E-state index is 14.0. The van der Waals surface area contributed by atoms with Gasteiger partial charge in [-0.1, -0.05) is 6.07 Å². The third kappa shape index (κ3) is 3.28. The highest BCUT2D eigenvalue weighted by atomic mass is 19.1. The quantitative estimate of drug-likeness (QED) is 0.710. The van der Waals surface area contributed by atoms with Crippen LogP contribution in [0.15, 0.2) is 24.4 Å². The van der Waals surface area contributed by atoms with Gasteiger partial charge in [-0.25, -0.2) is 4.39 Å². The molecule has 0 atom stereocenters. The minimum atomic E-state index is -0.376. The fraction of sp³-hybridized carbons (Fsp3) is 0.381. The Hall–Kier alpha value is -3.16. The van der Waals surface area contributed by atoms with E-state index in [2.05, 4.69) is 15.4 Å². The van der Waals surface area contributed by atoms with Gasteiger partial charge >= 0.3 is 0 Å². The Balaban J connectivity index is 1.38. The van der Waals surface area contributed by atoms with Crippen LogP contribution in [0.4, 0.5) is 4.39 Å². The number of amides is 2. The maximum Gasteiger partial charge on any atom is 0.272 e. The summed E-state index contributed by atoms with van der Waals surface area (Å²) in [5.74, 6) is -0.710. The number of carbonyl (C=O) groups is 2. The number of halogens is 1. The fourth-order valence-electron chi connectivity index (χ4n) is 3.92. The number of hydrogen-bond acceptors (Lipinski definition) is 3. The summed E-state index contributed by atoms with van der Waals surface area (Å²) < 4.78 is 15.6. The van der Waals surface area contributed by atoms with Crippen LogP contribution < -0.4 is 5.32 Å². The number of aromatic amines is 1. The minimum absolute atomic E-state index is 0.0206. The number of aryl methyl sites for hydroxylation is 3. The maximum atomic E-state index is 14.0. The molecule has 8 heteroatoms. The Kier molecular flexibility index (Phi) is 4.64. The van der Waals surface area contributed by atoms with E-state index in [1.807, 2.05) is 13.8 Å². The third-order valence-electron chi connectivity index (χ3n) is 5.85. The molecular formula is C21H24FN5O2. The predicted octanol–water partition coefficient (Wildman–Crippen LogP) is 2.69. The molecule has 0 spiro atoms. The molecule has 1 aliphatic carbocycles. The van der Waals surface area contributed by atoms with Crippen molar-refractivity contribution in [2.24, 2.45) is 7.05 Å². The van der Waals surface area contributed by atoms with E-state index in [0.717, 1.165) is 11.1 Å². The zero-order valence-corrected chi connectivity index (χ0v) is 16.9. The number of rotatable bonds is 4. The Morgan fingerprint density at radius 1 is 1.28 bits per heavy atom. The predicted molar refractivity (Wildman–Crippen MR) is 107 cm³/mol. The van der Waals surface area contributed by atoms with Gasteiger partial charge in [-0.15, -0.1) is 0 Å². The zero-order valence-electron chi connectivity index (χ0n) is 16.9. The van der Waals surface area contributed by atoms with Crippen molar-refractivity contribution < 1.29 is 14.0 Å². The van der Waals surface area contributed by atoms with Crippen LogP contribution in [0, 0.1) is 19.7 Å². The van der Waals surface area contributed by atoms with Gasteiger partial charge in [0.15, 0.2) is 0 Å². The average molecular weight is 397 g/mol. The standard InChI is InChI=1S/C21H24FN5O2/c1-11-5-6-16(22)18-15(11)9-17(25-18)20(28)24-13-7-14(8-13)26(3)21(29)19-12(2)10-23-27(19)4/h5-6,9-10,13-14,25H,7-8H2,1-4H3,(H,24,28). The van der Waals surface area contributed by atoms with Crippen molar-refractivity contribution in [1.29, 1.82) is 0 Å². The van der Waals surface area contributed by atoms with Gasteiger partial charge in [0.05, 0.1) is 11.7 Å². The van der Waals surface area contributed by atoms with Crippen LogP contribution in [0.1, 0.15) is 44.9 Å². The normalized spacial score (nSPS) is 18.5. The van der Waals surface area contributed by atoms with E-state index in [1.54, 1.807) is 42.0 Å². The minimum Gasteiger partial charge on any atom is -0.348 e. The van der Waals surface area contributed by atoms with Gasteiger partial charge in [0.25, 0.3) is 11.8 Å². The fourth-order valence-corrected chi connectivity index (χ4v) is 3.92. The molecule has 2 aromatic heterocycles. The summed E-state index contributed by atoms with van der Waals surface area (Å²) in [4.78, 5) is 29.9. The molecule has 29 heavy (non-hydrogen) atoms. The van der Waals surface area contributed by atoms with E-state index in [9.17, 15) is 14.0 Å². The van der Waals surface area contributed by atoms with Crippen LogP contribution in [-0.2, 0) is 7.05 Å². The van der Waals surface area contributed by atoms with Gasteiger partial charge in [-0.05, 0) is 49.9 Å². The van der Waals surface area contributed by atoms with Crippen LogP contribution in [0.25, 0.3) is 10.9 Å². The molecule has 152 valence electrons. The van der Waals surface area contributed by atoms with Crippen LogP contribution in [-0.4, -0.2) is 50.6 Å². The van der Waals surface area contributed by atoms with Crippen molar-refractivity contribution in [3.63, 3.8) is 0 Å². The molecule has 1 aromatic carbocycles. The average Bonchev–Trinajstić information content (AvgIpc) is 3.24. The van der Waals surface area contributed by atoms with Gasteiger partial charge < -0.3 is 15.2 Å². The number of benzene rings is 1. The summed E-state index contributed by atoms with van der Waals surface area (Å²) in [6, 6.07) is 4.81. The van der Waals surface area contributed by atoms with Gasteiger partial charge in [0.1, 0.15) is 17.2 Å². The first-order valence-electron chi connectivity index (χ1n) is 9.60. The number of nitrogens with zero attached hydrogens (tertiary/aromatic N) is 3. The highest BCUT2D eigenvalue weighted by Crippen LogP contribution is 2.27. The topological polar surface area (TPSA) is 83.0 Å². The van der Waals surface area contributed by atoms with Crippen molar-refractivity contribution >= 4 is 22.7 Å². The van der Waals surface area contributed by atoms with Crippen LogP contribution in [0.3, 0.4) is 0 Å². The Morgan fingerprint density at radius 3 is 2.62 bits per heavy atom. The summed E-state index contributed by atoms with van der Waals surface area (Å²) in [5.41, 5.74) is 3.02. The molecule has 2 amide bonds. The van der Waals surface area contributed by atoms with Crippen molar-refractivity contribution in [1.82, 2.24) is 25.0 Å². The third-order valence-corrected chi connectivity index (χ3v) is 5.85. The van der Waals surface area contributed by atoms with Gasteiger partial charge in [-0.2, -0.15) is 5.10 Å². The van der Waals surface area contributed by atoms with Gasteiger partial charge in [0, 0.05) is 31.6 Å². The molecule has 1 aliphatic rings. The van der Waals surface area contributed by atoms with Crippen LogP contribution in [0.2, 0.25) is 0 Å². The second-order valence-corrected chi connectivity index (χ2v) is 7.85. The van der Waals surface area contributed by atoms with Gasteiger partial charge in [-0.3, -0.25) is 14.3 Å². The van der Waals surface area contributed by atoms with Crippen molar-refractivity contribution in [2.75, 3.05) is 7.05 Å². The second-order valence-electron chi connectivity index (χ2n) is 7.85. The van der Waals surface area contributed by atoms with Crippen molar-refractivity contribution in [2.45, 2.75) is 38.8 Å². The van der Waals surface area contributed by atoms with Crippen molar-refractivity contribution in [3.05, 3.63) is 52.7 Å². The van der Waals surface area contributed by atoms with Gasteiger partial charge in [0.2, 0.25) is 0 Å². The molecule has 2 heterocycles. The Morgan fingerprint density at radius 2 is 2.00 bits per heavy atom. The number of nitrogens with one attached hydrogen (secondary N) is 2. The van der Waals surface area contributed by atoms with E-state index in [1.165, 1.54) is 6.07 Å². The molecule has 0 radical (unpaired) electrons. The Labute approximate surface area is 167 Å². The highest BCUT2D eigenvalue weighted by Gasteiger charge is 2.36. The van der Waals surface area contributed by atoms with E-state index in [-0.39, 0.29) is 29.7 Å². The largest absolute Gasteiger partial charge is 0.348 e. The number of hydrogen-bond donors (Lipinski definition) is 2. The number of aromatic nitrogens is 3. The molecule has 0 unspecified atom stereocenters. The molecule has 0 bridgehead atoms. The first kappa shape index (κ1) is 19.2. The summed E-state index contributed by atoms with van der Waals surface area (Å²) in [6.45, 7) is 3.74. The Bertz CT molecular complexity index is 1050. The summed E-state index contributed by atoms with van der Waals surface area (Å²) in [6.07, 6.45) is 3.03. The van der Waals surface area contributed by atoms with Crippen LogP contribution >= 0.6 is 0 Å². The first-order chi connectivity index (χ1) is 13.8. The van der Waals surface area contributed by atoms with Crippen LogP contribution in [0.5, 0.6) is 0 Å². The molecule has 1 saturated carbocycles. The molecule has 0 saturated heterocycles. The summed E-state index contributed by atoms with van der Waals surface area (Å²) in [5, 5.41) is 7.80. The molecule has 7 nitrogen and oxygen atoms in total. The molecule has 2 N–H and O–H groups in total. The number of carbonyl (C=O) groups excluding carboxylic acids is 2. The lowest BCUT2D eigenvalue weighted by Crippen LogP contribution is -2.54. The van der Waals surface area contributed by atoms with Crippen molar-refractivity contribution in [3.8, 4) is 0 Å². The molecule has 0 aliphatic heterocycles. The van der Waals surface area contributed by atoms with E-state index in [4.69, 9.17) is 0 Å². The lowest BCUT2D eigenvalue weighted by Gasteiger charge is -2.41. The van der Waals surface area contributed by atoms with E-state index >= 15 is 0 Å². The van der Waals surface area contributed by atoms with E-state index in [0.29, 0.717) is 35.1 Å². The zero-order chi connectivity index (χ0) is 20.9. The SMILES string of the molecule is Cc1cnn(C)c1C(=O)N(C)C1CC(NC(=O)c2cc3c(C)ccc(F)c3[nH]2)C1. The second kappa shape index (κ2) is 7.02.